The second-order valence-corrected chi connectivity index (χ2v) is 8.03. The van der Waals surface area contributed by atoms with Crippen LogP contribution >= 0.6 is 11.3 Å². The van der Waals surface area contributed by atoms with Crippen LogP contribution in [0.15, 0.2) is 47.5 Å². The van der Waals surface area contributed by atoms with Crippen molar-refractivity contribution >= 4 is 11.3 Å². The zero-order valence-electron chi connectivity index (χ0n) is 15.9. The Kier molecular flexibility index (Phi) is 5.27. The predicted molar refractivity (Wildman–Crippen MR) is 110 cm³/mol. The number of ether oxygens (including phenoxy) is 1. The van der Waals surface area contributed by atoms with Crippen molar-refractivity contribution < 1.29 is 4.74 Å². The van der Waals surface area contributed by atoms with Gasteiger partial charge in [0, 0.05) is 34.9 Å². The highest BCUT2D eigenvalue weighted by molar-refractivity contribution is 7.12. The number of aromatic nitrogens is 3. The fourth-order valence-corrected chi connectivity index (χ4v) is 3.90. The molecule has 0 aliphatic heterocycles. The Balaban J connectivity index is 1.51. The van der Waals surface area contributed by atoms with Crippen LogP contribution in [0.4, 0.5) is 0 Å². The van der Waals surface area contributed by atoms with Gasteiger partial charge in [-0.25, -0.2) is 9.97 Å². The SMILES string of the molecule is Cc1cc(OCc2ncccn2)cc(=O)n1C(C)c1ccc(C#CC2CC2)s1. The van der Waals surface area contributed by atoms with Gasteiger partial charge in [0.15, 0.2) is 5.82 Å². The standard InChI is InChI=1S/C22H21N3O2S/c1-15-12-18(27-14-21-23-10-3-11-24-21)13-22(26)25(15)16(2)20-9-8-19(28-20)7-6-17-4-5-17/h3,8-13,16-17H,4-5,14H2,1-2H3. The van der Waals surface area contributed by atoms with E-state index in [2.05, 4.69) is 27.9 Å². The maximum Gasteiger partial charge on any atom is 0.255 e. The topological polar surface area (TPSA) is 57.0 Å². The van der Waals surface area contributed by atoms with Crippen LogP contribution in [-0.2, 0) is 6.61 Å². The molecular formula is C22H21N3O2S. The summed E-state index contributed by atoms with van der Waals surface area (Å²) in [6.07, 6.45) is 5.78. The van der Waals surface area contributed by atoms with E-state index in [1.807, 2.05) is 26.0 Å². The van der Waals surface area contributed by atoms with Crippen LogP contribution in [0.25, 0.3) is 0 Å². The van der Waals surface area contributed by atoms with Gasteiger partial charge in [0.25, 0.3) is 5.56 Å². The Morgan fingerprint density at radius 3 is 2.79 bits per heavy atom. The molecule has 4 rings (SSSR count). The lowest BCUT2D eigenvalue weighted by Crippen LogP contribution is -2.25. The third kappa shape index (κ3) is 4.32. The summed E-state index contributed by atoms with van der Waals surface area (Å²) >= 11 is 1.65. The molecule has 0 saturated heterocycles. The molecule has 0 aromatic carbocycles. The van der Waals surface area contributed by atoms with Crippen molar-refractivity contribution in [2.24, 2.45) is 5.92 Å². The van der Waals surface area contributed by atoms with Gasteiger partial charge in [-0.2, -0.15) is 0 Å². The summed E-state index contributed by atoms with van der Waals surface area (Å²) in [6, 6.07) is 9.21. The number of nitrogens with zero attached hydrogens (tertiary/aromatic N) is 3. The summed E-state index contributed by atoms with van der Waals surface area (Å²) in [7, 11) is 0. The molecule has 0 spiro atoms. The van der Waals surface area contributed by atoms with Crippen molar-refractivity contribution in [2.75, 3.05) is 0 Å². The lowest BCUT2D eigenvalue weighted by molar-refractivity contribution is 0.294. The normalized spacial score (nSPS) is 14.2. The van der Waals surface area contributed by atoms with E-state index in [1.54, 1.807) is 34.4 Å². The van der Waals surface area contributed by atoms with Gasteiger partial charge in [0.05, 0.1) is 10.9 Å². The third-order valence-electron chi connectivity index (χ3n) is 4.62. The molecule has 0 N–H and O–H groups in total. The van der Waals surface area contributed by atoms with E-state index in [9.17, 15) is 4.79 Å². The Morgan fingerprint density at radius 1 is 1.29 bits per heavy atom. The number of hydrogen-bond donors (Lipinski definition) is 0. The number of pyridine rings is 1. The van der Waals surface area contributed by atoms with Gasteiger partial charge in [0.2, 0.25) is 0 Å². The Hall–Kier alpha value is -2.91. The van der Waals surface area contributed by atoms with E-state index < -0.39 is 0 Å². The van der Waals surface area contributed by atoms with Crippen molar-refractivity contribution in [3.63, 3.8) is 0 Å². The Morgan fingerprint density at radius 2 is 2.07 bits per heavy atom. The molecule has 1 unspecified atom stereocenters. The first-order valence-corrected chi connectivity index (χ1v) is 10.1. The van der Waals surface area contributed by atoms with Gasteiger partial charge in [-0.05, 0) is 51.0 Å². The maximum absolute atomic E-state index is 12.7. The largest absolute Gasteiger partial charge is 0.485 e. The molecule has 3 aromatic heterocycles. The number of hydrogen-bond acceptors (Lipinski definition) is 5. The van der Waals surface area contributed by atoms with Crippen molar-refractivity contribution in [1.82, 2.24) is 14.5 Å². The van der Waals surface area contributed by atoms with E-state index in [0.29, 0.717) is 17.5 Å². The van der Waals surface area contributed by atoms with Crippen LogP contribution in [0.1, 0.15) is 47.1 Å². The smallest absolute Gasteiger partial charge is 0.255 e. The van der Waals surface area contributed by atoms with Gasteiger partial charge < -0.3 is 9.30 Å². The summed E-state index contributed by atoms with van der Waals surface area (Å²) in [4.78, 5) is 23.2. The van der Waals surface area contributed by atoms with Crippen LogP contribution in [0, 0.1) is 24.7 Å². The molecule has 1 aliphatic carbocycles. The summed E-state index contributed by atoms with van der Waals surface area (Å²) in [6.45, 7) is 4.19. The third-order valence-corrected chi connectivity index (χ3v) is 5.80. The first-order chi connectivity index (χ1) is 13.6. The Labute approximate surface area is 168 Å². The molecule has 1 aliphatic rings. The average Bonchev–Trinajstić information content (AvgIpc) is 3.40. The first kappa shape index (κ1) is 18.5. The van der Waals surface area contributed by atoms with E-state index >= 15 is 0 Å². The zero-order chi connectivity index (χ0) is 19.5. The maximum atomic E-state index is 12.7. The number of thiophene rings is 1. The monoisotopic (exact) mass is 391 g/mol. The van der Waals surface area contributed by atoms with Gasteiger partial charge >= 0.3 is 0 Å². The minimum Gasteiger partial charge on any atom is -0.485 e. The minimum absolute atomic E-state index is 0.0551. The molecule has 0 radical (unpaired) electrons. The van der Waals surface area contributed by atoms with Gasteiger partial charge in [-0.3, -0.25) is 4.79 Å². The quantitative estimate of drug-likeness (QED) is 0.618. The molecule has 1 atom stereocenters. The fourth-order valence-electron chi connectivity index (χ4n) is 2.99. The predicted octanol–water partition coefficient (Wildman–Crippen LogP) is 3.96. The first-order valence-electron chi connectivity index (χ1n) is 9.33. The van der Waals surface area contributed by atoms with Crippen molar-refractivity contribution in [3.8, 4) is 17.6 Å². The molecule has 3 aromatic rings. The highest BCUT2D eigenvalue weighted by atomic mass is 32.1. The summed E-state index contributed by atoms with van der Waals surface area (Å²) in [5.41, 5.74) is 0.762. The summed E-state index contributed by atoms with van der Waals surface area (Å²) < 4.78 is 7.49. The minimum atomic E-state index is -0.0875. The molecule has 3 heterocycles. The molecule has 0 amide bonds. The van der Waals surface area contributed by atoms with E-state index in [4.69, 9.17) is 4.74 Å². The van der Waals surface area contributed by atoms with Crippen LogP contribution in [0.3, 0.4) is 0 Å². The van der Waals surface area contributed by atoms with Crippen molar-refractivity contribution in [1.29, 1.82) is 0 Å². The van der Waals surface area contributed by atoms with Crippen LogP contribution in [0.2, 0.25) is 0 Å². The second-order valence-electron chi connectivity index (χ2n) is 6.92. The number of rotatable bonds is 5. The highest BCUT2D eigenvalue weighted by Crippen LogP contribution is 2.29. The van der Waals surface area contributed by atoms with E-state index in [0.717, 1.165) is 15.4 Å². The summed E-state index contributed by atoms with van der Waals surface area (Å²) in [5, 5.41) is 0. The molecular weight excluding hydrogens is 370 g/mol. The van der Waals surface area contributed by atoms with E-state index in [1.165, 1.54) is 18.9 Å². The van der Waals surface area contributed by atoms with Crippen molar-refractivity contribution in [3.05, 3.63) is 74.4 Å². The van der Waals surface area contributed by atoms with E-state index in [-0.39, 0.29) is 18.2 Å². The molecule has 5 nitrogen and oxygen atoms in total. The lowest BCUT2D eigenvalue weighted by Gasteiger charge is -2.18. The van der Waals surface area contributed by atoms with Gasteiger partial charge in [-0.1, -0.05) is 11.8 Å². The number of aryl methyl sites for hydroxylation is 1. The molecule has 0 bridgehead atoms. The lowest BCUT2D eigenvalue weighted by atomic mass is 10.2. The molecule has 1 saturated carbocycles. The zero-order valence-corrected chi connectivity index (χ0v) is 16.7. The highest BCUT2D eigenvalue weighted by Gasteiger charge is 2.18. The summed E-state index contributed by atoms with van der Waals surface area (Å²) in [5.74, 6) is 8.23. The average molecular weight is 391 g/mol. The molecule has 6 heteroatoms. The molecule has 142 valence electrons. The molecule has 1 fully saturated rings. The van der Waals surface area contributed by atoms with Crippen LogP contribution < -0.4 is 10.3 Å². The van der Waals surface area contributed by atoms with Gasteiger partial charge in [-0.15, -0.1) is 11.3 Å². The molecule has 28 heavy (non-hydrogen) atoms. The second kappa shape index (κ2) is 7.99. The van der Waals surface area contributed by atoms with Crippen molar-refractivity contribution in [2.45, 2.75) is 39.3 Å². The van der Waals surface area contributed by atoms with Crippen LogP contribution in [-0.4, -0.2) is 14.5 Å². The van der Waals surface area contributed by atoms with Crippen LogP contribution in [0.5, 0.6) is 5.75 Å². The Bertz CT molecular complexity index is 1090. The van der Waals surface area contributed by atoms with Gasteiger partial charge in [0.1, 0.15) is 12.4 Å². The fraction of sp³-hybridized carbons (Fsp3) is 0.318.